The highest BCUT2D eigenvalue weighted by atomic mass is 15.0. The Hall–Kier alpha value is -0.785. The highest BCUT2D eigenvalue weighted by Gasteiger charge is 1.86. The largest absolute Gasteiger partial charge is 0.588 e. The van der Waals surface area contributed by atoms with E-state index in [1.807, 2.05) is 0 Å². The third-order valence-electron chi connectivity index (χ3n) is 1.92. The number of hydrogen-bond acceptors (Lipinski definition) is 1. The van der Waals surface area contributed by atoms with Crippen molar-refractivity contribution in [2.75, 3.05) is 18.9 Å². The third-order valence-corrected chi connectivity index (χ3v) is 1.92. The highest BCUT2D eigenvalue weighted by Crippen LogP contribution is 2.01. The molecule has 1 aromatic heterocycles. The van der Waals surface area contributed by atoms with Crippen molar-refractivity contribution in [2.24, 2.45) is 0 Å². The van der Waals surface area contributed by atoms with Gasteiger partial charge in [-0.05, 0) is 34.4 Å². The lowest BCUT2D eigenvalue weighted by Gasteiger charge is -2.26. The predicted molar refractivity (Wildman–Crippen MR) is 51.9 cm³/mol. The predicted octanol–water partition coefficient (Wildman–Crippen LogP) is 1.53. The number of nitrogens with zero attached hydrogens (tertiary/aromatic N) is 1. The molecule has 0 aliphatic rings. The van der Waals surface area contributed by atoms with Crippen LogP contribution >= 0.6 is 0 Å². The quantitative estimate of drug-likeness (QED) is 0.583. The molecule has 0 aliphatic heterocycles. The van der Waals surface area contributed by atoms with E-state index >= 15 is 0 Å². The topological polar surface area (TPSA) is 3.24 Å². The lowest BCUT2D eigenvalue weighted by molar-refractivity contribution is 1.23. The summed E-state index contributed by atoms with van der Waals surface area (Å²) in [6.07, 6.45) is 0. The summed E-state index contributed by atoms with van der Waals surface area (Å²) >= 11 is 0. The average molecular weight is 148 g/mol. The van der Waals surface area contributed by atoms with Crippen molar-refractivity contribution in [3.63, 3.8) is 0 Å². The summed E-state index contributed by atoms with van der Waals surface area (Å²) in [6, 6.07) is 2.21. The number of aryl methyl sites for hydroxylation is 2. The Labute approximate surface area is 69.1 Å². The third kappa shape index (κ3) is 2.07. The molecule has 0 saturated carbocycles. The average Bonchev–Trinajstić information content (AvgIpc) is 1.85. The minimum Gasteiger partial charge on any atom is -0.588 e. The van der Waals surface area contributed by atoms with Crippen LogP contribution < -0.4 is 4.81 Å². The van der Waals surface area contributed by atoms with Crippen molar-refractivity contribution in [1.29, 1.82) is 0 Å². The molecule has 11 heavy (non-hydrogen) atoms. The SMILES string of the molecule is Cc1c[b-](N(C)C)cc(C)c1. The molecule has 0 spiro atoms. The fourth-order valence-electron chi connectivity index (χ4n) is 1.34. The van der Waals surface area contributed by atoms with Crippen LogP contribution in [0.2, 0.25) is 0 Å². The summed E-state index contributed by atoms with van der Waals surface area (Å²) in [5, 5.41) is 0. The molecule has 0 saturated heterocycles. The standard InChI is InChI=1S/C9H15BN/c1-8-5-9(2)7-10(6-8)11(3)4/h5-7H,1-4H3/q-1. The molecule has 2 heteroatoms. The van der Waals surface area contributed by atoms with Crippen molar-refractivity contribution in [3.8, 4) is 0 Å². The first-order chi connectivity index (χ1) is 5.09. The van der Waals surface area contributed by atoms with Gasteiger partial charge < -0.3 is 4.81 Å². The van der Waals surface area contributed by atoms with Gasteiger partial charge in [0, 0.05) is 0 Å². The molecular formula is C9H15BN-. The lowest BCUT2D eigenvalue weighted by Crippen LogP contribution is -2.26. The van der Waals surface area contributed by atoms with Crippen molar-refractivity contribution in [2.45, 2.75) is 13.8 Å². The van der Waals surface area contributed by atoms with Gasteiger partial charge in [-0.25, -0.2) is 11.9 Å². The second kappa shape index (κ2) is 3.08. The van der Waals surface area contributed by atoms with Crippen LogP contribution in [-0.4, -0.2) is 20.6 Å². The Balaban J connectivity index is 3.08. The second-order valence-corrected chi connectivity index (χ2v) is 3.42. The van der Waals surface area contributed by atoms with Gasteiger partial charge in [-0.3, -0.25) is 0 Å². The van der Waals surface area contributed by atoms with Gasteiger partial charge in [0.15, 0.2) is 0 Å². The van der Waals surface area contributed by atoms with E-state index in [2.05, 4.69) is 50.7 Å². The van der Waals surface area contributed by atoms with Crippen LogP contribution in [0.15, 0.2) is 18.0 Å². The van der Waals surface area contributed by atoms with Crippen LogP contribution in [0.5, 0.6) is 0 Å². The summed E-state index contributed by atoms with van der Waals surface area (Å²) in [4.78, 5) is 2.21. The fraction of sp³-hybridized carbons (Fsp3) is 0.444. The van der Waals surface area contributed by atoms with Gasteiger partial charge >= 0.3 is 0 Å². The molecule has 1 rings (SSSR count). The maximum absolute atomic E-state index is 2.27. The maximum Gasteiger partial charge on any atom is -0.0324 e. The lowest BCUT2D eigenvalue weighted by atomic mass is 9.75. The number of hydrogen-bond donors (Lipinski definition) is 0. The van der Waals surface area contributed by atoms with E-state index in [1.54, 1.807) is 0 Å². The van der Waals surface area contributed by atoms with Crippen molar-refractivity contribution in [3.05, 3.63) is 29.1 Å². The summed E-state index contributed by atoms with van der Waals surface area (Å²) in [5.41, 5.74) is 2.73. The van der Waals surface area contributed by atoms with Crippen molar-refractivity contribution >= 4 is 6.48 Å². The minimum absolute atomic E-state index is 0.486. The van der Waals surface area contributed by atoms with E-state index < -0.39 is 0 Å². The van der Waals surface area contributed by atoms with Crippen molar-refractivity contribution < 1.29 is 0 Å². The van der Waals surface area contributed by atoms with Gasteiger partial charge in [-0.15, -0.1) is 0 Å². The van der Waals surface area contributed by atoms with Crippen LogP contribution in [0.25, 0.3) is 0 Å². The molecule has 1 heterocycles. The van der Waals surface area contributed by atoms with Gasteiger partial charge in [0.25, 0.3) is 0 Å². The van der Waals surface area contributed by atoms with Crippen LogP contribution in [0.4, 0.5) is 0 Å². The smallest absolute Gasteiger partial charge is 0.0324 e. The molecule has 0 radical (unpaired) electrons. The van der Waals surface area contributed by atoms with E-state index in [-0.39, 0.29) is 0 Å². The van der Waals surface area contributed by atoms with E-state index in [0.717, 1.165) is 0 Å². The Bertz CT molecular complexity index is 235. The van der Waals surface area contributed by atoms with Crippen LogP contribution in [0, 0.1) is 13.8 Å². The summed E-state index contributed by atoms with van der Waals surface area (Å²) in [5.74, 6) is 4.54. The first-order valence-corrected chi connectivity index (χ1v) is 3.97. The molecule has 0 bridgehead atoms. The van der Waals surface area contributed by atoms with E-state index in [1.165, 1.54) is 11.1 Å². The minimum atomic E-state index is 0.486. The Morgan fingerprint density at radius 3 is 1.91 bits per heavy atom. The molecule has 1 aromatic rings. The zero-order valence-electron chi connectivity index (χ0n) is 7.76. The first kappa shape index (κ1) is 8.31. The molecule has 0 amide bonds. The van der Waals surface area contributed by atoms with Gasteiger partial charge in [-0.2, -0.15) is 0 Å². The molecule has 1 nitrogen and oxygen atoms in total. The Morgan fingerprint density at radius 1 is 1.09 bits per heavy atom. The Morgan fingerprint density at radius 2 is 1.55 bits per heavy atom. The molecule has 0 aromatic carbocycles. The second-order valence-electron chi connectivity index (χ2n) is 3.42. The monoisotopic (exact) mass is 148 g/mol. The van der Waals surface area contributed by atoms with Gasteiger partial charge in [0.1, 0.15) is 0 Å². The summed E-state index contributed by atoms with van der Waals surface area (Å²) < 4.78 is 0. The van der Waals surface area contributed by atoms with Crippen LogP contribution in [-0.2, 0) is 0 Å². The van der Waals surface area contributed by atoms with Crippen LogP contribution in [0.1, 0.15) is 11.1 Å². The fourth-order valence-corrected chi connectivity index (χ4v) is 1.34. The van der Waals surface area contributed by atoms with Crippen LogP contribution in [0.3, 0.4) is 0 Å². The molecule has 0 fully saturated rings. The Kier molecular flexibility index (Phi) is 2.33. The van der Waals surface area contributed by atoms with Gasteiger partial charge in [0.05, 0.1) is 0 Å². The van der Waals surface area contributed by atoms with Crippen molar-refractivity contribution in [1.82, 2.24) is 0 Å². The van der Waals surface area contributed by atoms with Gasteiger partial charge in [0.2, 0.25) is 0 Å². The molecular weight excluding hydrogens is 133 g/mol. The highest BCUT2D eigenvalue weighted by molar-refractivity contribution is 6.53. The summed E-state index contributed by atoms with van der Waals surface area (Å²) in [6.45, 7) is 4.78. The normalized spacial score (nSPS) is 9.82. The molecule has 0 atom stereocenters. The number of rotatable bonds is 1. The molecule has 0 N–H and O–H groups in total. The van der Waals surface area contributed by atoms with E-state index in [4.69, 9.17) is 0 Å². The zero-order chi connectivity index (χ0) is 8.43. The maximum atomic E-state index is 2.27. The first-order valence-electron chi connectivity index (χ1n) is 3.97. The van der Waals surface area contributed by atoms with E-state index in [9.17, 15) is 0 Å². The van der Waals surface area contributed by atoms with Gasteiger partial charge in [-0.1, -0.05) is 17.2 Å². The molecule has 60 valence electrons. The molecule has 0 unspecified atom stereocenters. The molecule has 0 aliphatic carbocycles. The summed E-state index contributed by atoms with van der Waals surface area (Å²) in [7, 11) is 4.20. The zero-order valence-corrected chi connectivity index (χ0v) is 7.76. The van der Waals surface area contributed by atoms with E-state index in [0.29, 0.717) is 6.48 Å².